The second-order valence-corrected chi connectivity index (χ2v) is 10.7. The SMILES string of the molecule is O=C(Nc1ccccc1-c1ccc2cc(N(c3ccccc3)c3ccccc3)ccc2c1)c1ccc(-c2ccccc2)cc1. The van der Waals surface area contributed by atoms with Crippen molar-refractivity contribution >= 4 is 39.4 Å². The molecule has 0 heterocycles. The number of hydrogen-bond acceptors (Lipinski definition) is 2. The molecule has 7 aromatic rings. The van der Waals surface area contributed by atoms with Crippen LogP contribution in [-0.2, 0) is 0 Å². The van der Waals surface area contributed by atoms with Crippen molar-refractivity contribution in [3.8, 4) is 22.3 Å². The van der Waals surface area contributed by atoms with Crippen LogP contribution >= 0.6 is 0 Å². The molecule has 210 valence electrons. The highest BCUT2D eigenvalue weighted by atomic mass is 16.1. The third kappa shape index (κ3) is 5.59. The standard InChI is InChI=1S/C41H30N2O/c44-41(32-22-20-31(21-23-32)30-12-4-1-5-13-30)42-40-19-11-10-18-39(40)35-25-24-34-29-38(27-26-33(34)28-35)43(36-14-6-2-7-15-36)37-16-8-3-9-17-37/h1-29H,(H,42,44). The van der Waals surface area contributed by atoms with E-state index in [4.69, 9.17) is 0 Å². The van der Waals surface area contributed by atoms with Gasteiger partial charge in [-0.1, -0.05) is 115 Å². The number of carbonyl (C=O) groups excluding carboxylic acids is 1. The van der Waals surface area contributed by atoms with Crippen molar-refractivity contribution in [3.05, 3.63) is 181 Å². The molecule has 7 aromatic carbocycles. The summed E-state index contributed by atoms with van der Waals surface area (Å²) in [5.41, 5.74) is 8.92. The van der Waals surface area contributed by atoms with Crippen LogP contribution in [0.3, 0.4) is 0 Å². The Morgan fingerprint density at radius 3 is 1.64 bits per heavy atom. The number of para-hydroxylation sites is 3. The van der Waals surface area contributed by atoms with Crippen LogP contribution in [0.5, 0.6) is 0 Å². The number of nitrogens with zero attached hydrogens (tertiary/aromatic N) is 1. The largest absolute Gasteiger partial charge is 0.321 e. The Labute approximate surface area is 257 Å². The average Bonchev–Trinajstić information content (AvgIpc) is 3.10. The van der Waals surface area contributed by atoms with E-state index in [1.807, 2.05) is 72.8 Å². The van der Waals surface area contributed by atoms with Crippen LogP contribution in [0, 0.1) is 0 Å². The van der Waals surface area contributed by atoms with E-state index in [1.165, 1.54) is 0 Å². The van der Waals surface area contributed by atoms with Crippen LogP contribution in [-0.4, -0.2) is 5.91 Å². The lowest BCUT2D eigenvalue weighted by Crippen LogP contribution is -2.12. The summed E-state index contributed by atoms with van der Waals surface area (Å²) in [4.78, 5) is 15.5. The summed E-state index contributed by atoms with van der Waals surface area (Å²) in [7, 11) is 0. The van der Waals surface area contributed by atoms with E-state index < -0.39 is 0 Å². The van der Waals surface area contributed by atoms with Crippen molar-refractivity contribution in [3.63, 3.8) is 0 Å². The molecule has 0 atom stereocenters. The summed E-state index contributed by atoms with van der Waals surface area (Å²) >= 11 is 0. The highest BCUT2D eigenvalue weighted by Gasteiger charge is 2.14. The van der Waals surface area contributed by atoms with Crippen LogP contribution in [0.15, 0.2) is 176 Å². The molecule has 7 rings (SSSR count). The van der Waals surface area contributed by atoms with Gasteiger partial charge in [0, 0.05) is 33.9 Å². The molecule has 0 bridgehead atoms. The van der Waals surface area contributed by atoms with Crippen molar-refractivity contribution in [2.24, 2.45) is 0 Å². The molecule has 0 aliphatic rings. The predicted molar refractivity (Wildman–Crippen MR) is 184 cm³/mol. The molecule has 0 unspecified atom stereocenters. The topological polar surface area (TPSA) is 32.3 Å². The van der Waals surface area contributed by atoms with Gasteiger partial charge in [-0.05, 0) is 88.1 Å². The highest BCUT2D eigenvalue weighted by molar-refractivity contribution is 6.07. The van der Waals surface area contributed by atoms with E-state index in [0.717, 1.165) is 55.8 Å². The van der Waals surface area contributed by atoms with Gasteiger partial charge in [-0.15, -0.1) is 0 Å². The van der Waals surface area contributed by atoms with Gasteiger partial charge in [-0.3, -0.25) is 4.79 Å². The van der Waals surface area contributed by atoms with Gasteiger partial charge in [0.05, 0.1) is 0 Å². The summed E-state index contributed by atoms with van der Waals surface area (Å²) in [6.07, 6.45) is 0. The van der Waals surface area contributed by atoms with E-state index in [2.05, 4.69) is 113 Å². The Bertz CT molecular complexity index is 2000. The van der Waals surface area contributed by atoms with Crippen LogP contribution in [0.1, 0.15) is 10.4 Å². The Morgan fingerprint density at radius 2 is 0.955 bits per heavy atom. The minimum Gasteiger partial charge on any atom is -0.321 e. The molecule has 0 aromatic heterocycles. The molecule has 0 saturated carbocycles. The quantitative estimate of drug-likeness (QED) is 0.208. The number of anilines is 4. The number of benzene rings is 7. The number of amides is 1. The van der Waals surface area contributed by atoms with Gasteiger partial charge in [-0.2, -0.15) is 0 Å². The van der Waals surface area contributed by atoms with Crippen LogP contribution in [0.2, 0.25) is 0 Å². The smallest absolute Gasteiger partial charge is 0.255 e. The van der Waals surface area contributed by atoms with Crippen LogP contribution in [0.25, 0.3) is 33.0 Å². The van der Waals surface area contributed by atoms with Gasteiger partial charge in [0.1, 0.15) is 0 Å². The van der Waals surface area contributed by atoms with Crippen molar-refractivity contribution in [1.82, 2.24) is 0 Å². The van der Waals surface area contributed by atoms with Gasteiger partial charge in [0.25, 0.3) is 5.91 Å². The maximum Gasteiger partial charge on any atom is 0.255 e. The second kappa shape index (κ2) is 12.1. The fourth-order valence-electron chi connectivity index (χ4n) is 5.62. The number of rotatable bonds is 7. The van der Waals surface area contributed by atoms with Gasteiger partial charge in [-0.25, -0.2) is 0 Å². The van der Waals surface area contributed by atoms with E-state index in [0.29, 0.717) is 5.56 Å². The predicted octanol–water partition coefficient (Wildman–Crippen LogP) is 10.9. The van der Waals surface area contributed by atoms with Crippen molar-refractivity contribution < 1.29 is 4.79 Å². The first kappa shape index (κ1) is 26.9. The second-order valence-electron chi connectivity index (χ2n) is 10.7. The first-order valence-corrected chi connectivity index (χ1v) is 14.7. The van der Waals surface area contributed by atoms with Crippen molar-refractivity contribution in [2.75, 3.05) is 10.2 Å². The molecule has 3 nitrogen and oxygen atoms in total. The normalized spacial score (nSPS) is 10.8. The summed E-state index contributed by atoms with van der Waals surface area (Å²) in [5, 5.41) is 5.42. The van der Waals surface area contributed by atoms with Crippen molar-refractivity contribution in [2.45, 2.75) is 0 Å². The number of carbonyl (C=O) groups is 1. The Balaban J connectivity index is 1.17. The molecule has 0 aliphatic heterocycles. The third-order valence-corrected chi connectivity index (χ3v) is 7.85. The highest BCUT2D eigenvalue weighted by Crippen LogP contribution is 2.37. The number of nitrogens with one attached hydrogen (secondary N) is 1. The van der Waals surface area contributed by atoms with Gasteiger partial charge >= 0.3 is 0 Å². The molecule has 44 heavy (non-hydrogen) atoms. The minimum atomic E-state index is -0.135. The van der Waals surface area contributed by atoms with Crippen LogP contribution in [0.4, 0.5) is 22.7 Å². The molecular weight excluding hydrogens is 536 g/mol. The molecule has 3 heteroatoms. The Morgan fingerprint density at radius 1 is 0.432 bits per heavy atom. The molecule has 0 fully saturated rings. The molecule has 0 radical (unpaired) electrons. The van der Waals surface area contributed by atoms with Crippen molar-refractivity contribution in [1.29, 1.82) is 0 Å². The van der Waals surface area contributed by atoms with E-state index in [-0.39, 0.29) is 5.91 Å². The summed E-state index contributed by atoms with van der Waals surface area (Å²) < 4.78 is 0. The van der Waals surface area contributed by atoms with Gasteiger partial charge in [0.15, 0.2) is 0 Å². The molecule has 0 aliphatic carbocycles. The number of hydrogen-bond donors (Lipinski definition) is 1. The molecule has 1 amide bonds. The first-order valence-electron chi connectivity index (χ1n) is 14.7. The lowest BCUT2D eigenvalue weighted by molar-refractivity contribution is 0.102. The maximum absolute atomic E-state index is 13.3. The minimum absolute atomic E-state index is 0.135. The molecular formula is C41H30N2O. The van der Waals surface area contributed by atoms with Gasteiger partial charge in [0.2, 0.25) is 0 Å². The lowest BCUT2D eigenvalue weighted by atomic mass is 9.99. The zero-order chi connectivity index (χ0) is 29.7. The van der Waals surface area contributed by atoms with Gasteiger partial charge < -0.3 is 10.2 Å². The first-order chi connectivity index (χ1) is 21.7. The average molecular weight is 567 g/mol. The zero-order valence-electron chi connectivity index (χ0n) is 24.1. The summed E-state index contributed by atoms with van der Waals surface area (Å²) in [6.45, 7) is 0. The summed E-state index contributed by atoms with van der Waals surface area (Å²) in [5.74, 6) is -0.135. The van der Waals surface area contributed by atoms with E-state index in [9.17, 15) is 4.79 Å². The fourth-order valence-corrected chi connectivity index (χ4v) is 5.62. The van der Waals surface area contributed by atoms with Crippen LogP contribution < -0.4 is 10.2 Å². The fraction of sp³-hybridized carbons (Fsp3) is 0. The van der Waals surface area contributed by atoms with E-state index in [1.54, 1.807) is 0 Å². The zero-order valence-corrected chi connectivity index (χ0v) is 24.1. The Kier molecular flexibility index (Phi) is 7.42. The maximum atomic E-state index is 13.3. The Hall–Kier alpha value is -5.93. The monoisotopic (exact) mass is 566 g/mol. The summed E-state index contributed by atoms with van der Waals surface area (Å²) in [6, 6.07) is 59.7. The lowest BCUT2D eigenvalue weighted by Gasteiger charge is -2.25. The van der Waals surface area contributed by atoms with E-state index >= 15 is 0 Å². The third-order valence-electron chi connectivity index (χ3n) is 7.85. The number of fused-ring (bicyclic) bond motifs is 1. The molecule has 1 N–H and O–H groups in total. The molecule has 0 spiro atoms. The molecule has 0 saturated heterocycles.